The quantitative estimate of drug-likeness (QED) is 0.522. The van der Waals surface area contributed by atoms with Crippen LogP contribution in [0.2, 0.25) is 0 Å². The molecule has 0 atom stereocenters. The number of benzene rings is 1. The number of nitrogens with zero attached hydrogens (tertiary/aromatic N) is 2. The van der Waals surface area contributed by atoms with Crippen LogP contribution in [0.4, 0.5) is 0 Å². The minimum Gasteiger partial charge on any atom is -0.497 e. The average molecular weight is 467 g/mol. The Morgan fingerprint density at radius 3 is 2.91 bits per heavy atom. The first-order valence-electron chi connectivity index (χ1n) is 11.0. The second-order valence-corrected chi connectivity index (χ2v) is 9.11. The van der Waals surface area contributed by atoms with E-state index in [1.807, 2.05) is 29.6 Å². The van der Waals surface area contributed by atoms with Crippen LogP contribution in [0.5, 0.6) is 5.75 Å². The Hall–Kier alpha value is -3.22. The summed E-state index contributed by atoms with van der Waals surface area (Å²) in [7, 11) is 1.59. The van der Waals surface area contributed by atoms with Crippen LogP contribution >= 0.6 is 11.3 Å². The molecule has 0 spiro atoms. The number of nitriles is 1. The maximum Gasteiger partial charge on any atom is 0.287 e. The lowest BCUT2D eigenvalue weighted by atomic mass is 9.83. The summed E-state index contributed by atoms with van der Waals surface area (Å²) in [6.45, 7) is 1.23. The molecule has 2 N–H and O–H groups in total. The van der Waals surface area contributed by atoms with Crippen molar-refractivity contribution >= 4 is 27.5 Å². The van der Waals surface area contributed by atoms with Crippen LogP contribution in [0.25, 0.3) is 10.2 Å². The molecule has 172 valence electrons. The number of methoxy groups -OCH3 is 1. The SMILES string of the molecule is COc1cccc(CNC(=O)c2nc3scc(COC[C@H]4CC[C@H](C#N)CC4)c3c(=O)[nH]2)c1. The van der Waals surface area contributed by atoms with Crippen molar-refractivity contribution in [2.24, 2.45) is 11.8 Å². The molecular weight excluding hydrogens is 440 g/mol. The monoisotopic (exact) mass is 466 g/mol. The number of fused-ring (bicyclic) bond motifs is 1. The molecule has 33 heavy (non-hydrogen) atoms. The third kappa shape index (κ3) is 5.59. The lowest BCUT2D eigenvalue weighted by Gasteiger charge is -2.24. The maximum atomic E-state index is 12.7. The van der Waals surface area contributed by atoms with Crippen LogP contribution in [0.15, 0.2) is 34.4 Å². The van der Waals surface area contributed by atoms with E-state index in [1.54, 1.807) is 7.11 Å². The second-order valence-electron chi connectivity index (χ2n) is 8.25. The van der Waals surface area contributed by atoms with E-state index in [-0.39, 0.29) is 23.8 Å². The topological polar surface area (TPSA) is 117 Å². The van der Waals surface area contributed by atoms with E-state index < -0.39 is 5.91 Å². The van der Waals surface area contributed by atoms with Crippen LogP contribution in [0.1, 0.15) is 47.4 Å². The van der Waals surface area contributed by atoms with Gasteiger partial charge in [0.1, 0.15) is 10.6 Å². The number of carbonyl (C=O) groups excluding carboxylic acids is 1. The highest BCUT2D eigenvalue weighted by Crippen LogP contribution is 2.29. The van der Waals surface area contributed by atoms with Crippen molar-refractivity contribution < 1.29 is 14.3 Å². The highest BCUT2D eigenvalue weighted by molar-refractivity contribution is 7.16. The summed E-state index contributed by atoms with van der Waals surface area (Å²) in [5, 5.41) is 14.1. The standard InChI is InChI=1S/C24H26N4O4S/c1-31-19-4-2-3-17(9-19)11-26-23(30)21-27-22(29)20-18(14-33-24(20)28-21)13-32-12-16-7-5-15(10-25)6-8-16/h2-4,9,14-16H,5-8,11-13H2,1H3,(H,26,30)(H,27,28,29)/t15-,16-. The second kappa shape index (κ2) is 10.6. The molecule has 3 aromatic rings. The van der Waals surface area contributed by atoms with Gasteiger partial charge in [-0.1, -0.05) is 12.1 Å². The zero-order valence-corrected chi connectivity index (χ0v) is 19.2. The van der Waals surface area contributed by atoms with Crippen LogP contribution in [-0.2, 0) is 17.9 Å². The first-order chi connectivity index (χ1) is 16.1. The van der Waals surface area contributed by atoms with E-state index in [0.29, 0.717) is 35.1 Å². The minimum atomic E-state index is -0.448. The molecule has 1 aliphatic rings. The molecule has 8 nitrogen and oxygen atoms in total. The molecule has 2 aromatic heterocycles. The zero-order chi connectivity index (χ0) is 23.2. The predicted molar refractivity (Wildman–Crippen MR) is 125 cm³/mol. The number of aromatic nitrogens is 2. The summed E-state index contributed by atoms with van der Waals surface area (Å²) >= 11 is 1.32. The van der Waals surface area contributed by atoms with Gasteiger partial charge in [-0.25, -0.2) is 4.98 Å². The van der Waals surface area contributed by atoms with E-state index >= 15 is 0 Å². The summed E-state index contributed by atoms with van der Waals surface area (Å²) in [6, 6.07) is 9.73. The molecule has 4 rings (SSSR count). The van der Waals surface area contributed by atoms with Gasteiger partial charge in [-0.15, -0.1) is 11.3 Å². The molecule has 0 aliphatic heterocycles. The molecule has 0 saturated heterocycles. The molecule has 1 aromatic carbocycles. The van der Waals surface area contributed by atoms with E-state index in [1.165, 1.54) is 11.3 Å². The first-order valence-corrected chi connectivity index (χ1v) is 11.8. The third-order valence-corrected chi connectivity index (χ3v) is 6.88. The van der Waals surface area contributed by atoms with Gasteiger partial charge in [0.25, 0.3) is 11.5 Å². The number of hydrogen-bond donors (Lipinski definition) is 2. The fourth-order valence-corrected chi connectivity index (χ4v) is 4.99. The number of nitrogens with one attached hydrogen (secondary N) is 2. The van der Waals surface area contributed by atoms with Gasteiger partial charge in [-0.2, -0.15) is 5.26 Å². The molecule has 0 unspecified atom stereocenters. The Morgan fingerprint density at radius 2 is 2.15 bits per heavy atom. The zero-order valence-electron chi connectivity index (χ0n) is 18.4. The molecule has 1 amide bonds. The molecule has 2 heterocycles. The number of aromatic amines is 1. The van der Waals surface area contributed by atoms with Crippen LogP contribution in [0, 0.1) is 23.2 Å². The largest absolute Gasteiger partial charge is 0.497 e. The molecule has 0 bridgehead atoms. The molecule has 1 saturated carbocycles. The van der Waals surface area contributed by atoms with E-state index in [9.17, 15) is 9.59 Å². The van der Waals surface area contributed by atoms with Crippen molar-refractivity contribution in [2.45, 2.75) is 38.8 Å². The number of thiophene rings is 1. The Bertz CT molecular complexity index is 1220. The van der Waals surface area contributed by atoms with Gasteiger partial charge in [0, 0.05) is 24.6 Å². The van der Waals surface area contributed by atoms with Gasteiger partial charge < -0.3 is 19.8 Å². The highest BCUT2D eigenvalue weighted by Gasteiger charge is 2.21. The average Bonchev–Trinajstić information content (AvgIpc) is 3.26. The van der Waals surface area contributed by atoms with Crippen molar-refractivity contribution in [3.8, 4) is 11.8 Å². The van der Waals surface area contributed by atoms with Crippen LogP contribution < -0.4 is 15.6 Å². The Morgan fingerprint density at radius 1 is 1.33 bits per heavy atom. The van der Waals surface area contributed by atoms with Crippen LogP contribution in [0.3, 0.4) is 0 Å². The summed E-state index contributed by atoms with van der Waals surface area (Å²) in [6.07, 6.45) is 3.86. The van der Waals surface area contributed by atoms with Gasteiger partial charge in [-0.05, 0) is 54.7 Å². The lowest BCUT2D eigenvalue weighted by Crippen LogP contribution is -2.27. The number of ether oxygens (including phenoxy) is 2. The number of hydrogen-bond acceptors (Lipinski definition) is 7. The fourth-order valence-electron chi connectivity index (χ4n) is 4.06. The van der Waals surface area contributed by atoms with Crippen molar-refractivity contribution in [1.29, 1.82) is 5.26 Å². The summed E-state index contributed by atoms with van der Waals surface area (Å²) in [5.74, 6) is 0.872. The van der Waals surface area contributed by atoms with Gasteiger partial charge in [-0.3, -0.25) is 9.59 Å². The summed E-state index contributed by atoms with van der Waals surface area (Å²) in [4.78, 5) is 32.7. The van der Waals surface area contributed by atoms with E-state index in [2.05, 4.69) is 21.4 Å². The van der Waals surface area contributed by atoms with Crippen LogP contribution in [-0.4, -0.2) is 29.6 Å². The van der Waals surface area contributed by atoms with Gasteiger partial charge in [0.15, 0.2) is 0 Å². The molecule has 0 radical (unpaired) electrons. The molecule has 1 fully saturated rings. The Labute approximate surface area is 195 Å². The minimum absolute atomic E-state index is 0.0148. The normalized spacial score (nSPS) is 18.1. The lowest BCUT2D eigenvalue weighted by molar-refractivity contribution is 0.0711. The van der Waals surface area contributed by atoms with Gasteiger partial charge in [0.2, 0.25) is 5.82 Å². The van der Waals surface area contributed by atoms with Crippen molar-refractivity contribution in [1.82, 2.24) is 15.3 Å². The number of rotatable bonds is 8. The fraction of sp³-hybridized carbons (Fsp3) is 0.417. The number of amides is 1. The molecule has 9 heteroatoms. The van der Waals surface area contributed by atoms with E-state index in [4.69, 9.17) is 14.7 Å². The number of H-pyrrole nitrogens is 1. The predicted octanol–water partition coefficient (Wildman–Crippen LogP) is 3.77. The summed E-state index contributed by atoms with van der Waals surface area (Å²) in [5.41, 5.74) is 1.31. The molecule has 1 aliphatic carbocycles. The van der Waals surface area contributed by atoms with Crippen molar-refractivity contribution in [3.63, 3.8) is 0 Å². The van der Waals surface area contributed by atoms with Crippen molar-refractivity contribution in [2.75, 3.05) is 13.7 Å². The summed E-state index contributed by atoms with van der Waals surface area (Å²) < 4.78 is 11.1. The Kier molecular flexibility index (Phi) is 7.37. The molecular formula is C24H26N4O4S. The van der Waals surface area contributed by atoms with Crippen molar-refractivity contribution in [3.05, 3.63) is 57.0 Å². The van der Waals surface area contributed by atoms with Gasteiger partial charge >= 0.3 is 0 Å². The van der Waals surface area contributed by atoms with Gasteiger partial charge in [0.05, 0.1) is 25.2 Å². The number of carbonyl (C=O) groups is 1. The third-order valence-electron chi connectivity index (χ3n) is 5.96. The highest BCUT2D eigenvalue weighted by atomic mass is 32.1. The smallest absolute Gasteiger partial charge is 0.287 e. The first kappa shape index (κ1) is 23.0. The maximum absolute atomic E-state index is 12.7. The Balaban J connectivity index is 1.36. The van der Waals surface area contributed by atoms with E-state index in [0.717, 1.165) is 36.8 Å².